The molecule has 1 fully saturated rings. The summed E-state index contributed by atoms with van der Waals surface area (Å²) in [7, 11) is 0. The maximum absolute atomic E-state index is 5.63. The van der Waals surface area contributed by atoms with Gasteiger partial charge < -0.3 is 4.90 Å². The van der Waals surface area contributed by atoms with Crippen LogP contribution < -0.4 is 4.90 Å². The Bertz CT molecular complexity index is 680. The zero-order chi connectivity index (χ0) is 14.8. The lowest BCUT2D eigenvalue weighted by atomic mass is 10.1. The molecular formula is C16H23N4S+. The fraction of sp³-hybridized carbons (Fsp3) is 0.500. The second kappa shape index (κ2) is 6.12. The van der Waals surface area contributed by atoms with Crippen molar-refractivity contribution in [1.29, 1.82) is 0 Å². The number of rotatable bonds is 3. The number of hydrogen-bond donors (Lipinski definition) is 1. The minimum atomic E-state index is 0.793. The molecule has 21 heavy (non-hydrogen) atoms. The predicted octanol–water partition coefficient (Wildman–Crippen LogP) is 2.05. The molecule has 2 aromatic rings. The summed E-state index contributed by atoms with van der Waals surface area (Å²) in [5, 5.41) is 4.51. The lowest BCUT2D eigenvalue weighted by molar-refractivity contribution is -0.928. The monoisotopic (exact) mass is 303 g/mol. The van der Waals surface area contributed by atoms with E-state index in [0.717, 1.165) is 17.1 Å². The lowest BCUT2D eigenvalue weighted by Gasteiger charge is -2.22. The molecule has 2 heterocycles. The Morgan fingerprint density at radius 1 is 1.19 bits per heavy atom. The number of piperidine rings is 1. The van der Waals surface area contributed by atoms with E-state index in [1.165, 1.54) is 43.5 Å². The fourth-order valence-electron chi connectivity index (χ4n) is 3.01. The van der Waals surface area contributed by atoms with Gasteiger partial charge in [0.15, 0.2) is 6.67 Å². The maximum Gasteiger partial charge on any atom is 0.207 e. The summed E-state index contributed by atoms with van der Waals surface area (Å²) in [6.45, 7) is 7.57. The van der Waals surface area contributed by atoms with Gasteiger partial charge >= 0.3 is 0 Å². The Kier molecular flexibility index (Phi) is 4.22. The molecule has 0 spiro atoms. The van der Waals surface area contributed by atoms with E-state index in [0.29, 0.717) is 0 Å². The van der Waals surface area contributed by atoms with Gasteiger partial charge in [0.1, 0.15) is 6.33 Å². The molecular weight excluding hydrogens is 280 g/mol. The first-order valence-corrected chi connectivity index (χ1v) is 8.11. The molecule has 1 aliphatic heterocycles. The van der Waals surface area contributed by atoms with Crippen molar-refractivity contribution in [2.75, 3.05) is 13.1 Å². The van der Waals surface area contributed by atoms with E-state index < -0.39 is 0 Å². The van der Waals surface area contributed by atoms with Gasteiger partial charge in [-0.05, 0) is 62.5 Å². The molecule has 3 rings (SSSR count). The highest BCUT2D eigenvalue weighted by molar-refractivity contribution is 7.71. The van der Waals surface area contributed by atoms with Gasteiger partial charge in [-0.15, -0.1) is 0 Å². The van der Waals surface area contributed by atoms with Crippen LogP contribution in [0.5, 0.6) is 0 Å². The zero-order valence-electron chi connectivity index (χ0n) is 12.8. The van der Waals surface area contributed by atoms with E-state index in [1.807, 2.05) is 15.6 Å². The highest BCUT2D eigenvalue weighted by Crippen LogP contribution is 2.16. The lowest BCUT2D eigenvalue weighted by Crippen LogP contribution is -3.12. The van der Waals surface area contributed by atoms with Crippen molar-refractivity contribution in [3.8, 4) is 5.69 Å². The van der Waals surface area contributed by atoms with E-state index in [-0.39, 0.29) is 0 Å². The average molecular weight is 303 g/mol. The van der Waals surface area contributed by atoms with E-state index in [1.54, 1.807) is 4.90 Å². The molecule has 0 unspecified atom stereocenters. The van der Waals surface area contributed by atoms with E-state index in [2.05, 4.69) is 37.1 Å². The van der Waals surface area contributed by atoms with Crippen molar-refractivity contribution in [1.82, 2.24) is 14.3 Å². The van der Waals surface area contributed by atoms with Crippen LogP contribution in [0.1, 0.15) is 30.4 Å². The van der Waals surface area contributed by atoms with Crippen LogP contribution in [-0.4, -0.2) is 27.4 Å². The minimum Gasteiger partial charge on any atom is -0.316 e. The summed E-state index contributed by atoms with van der Waals surface area (Å²) in [5.74, 6) is 0. The van der Waals surface area contributed by atoms with Crippen LogP contribution in [0, 0.1) is 18.6 Å². The van der Waals surface area contributed by atoms with Gasteiger partial charge in [-0.2, -0.15) is 9.78 Å². The summed E-state index contributed by atoms with van der Waals surface area (Å²) in [4.78, 5) is 1.59. The number of quaternary nitrogens is 1. The van der Waals surface area contributed by atoms with E-state index in [4.69, 9.17) is 12.2 Å². The first-order valence-electron chi connectivity index (χ1n) is 7.71. The minimum absolute atomic E-state index is 0.793. The third-order valence-corrected chi connectivity index (χ3v) is 4.70. The second-order valence-corrected chi connectivity index (χ2v) is 6.41. The quantitative estimate of drug-likeness (QED) is 0.879. The van der Waals surface area contributed by atoms with Gasteiger partial charge in [0, 0.05) is 0 Å². The molecule has 1 aliphatic rings. The van der Waals surface area contributed by atoms with Crippen molar-refractivity contribution in [3.63, 3.8) is 0 Å². The first-order chi connectivity index (χ1) is 10.1. The number of likely N-dealkylation sites (tertiary alicyclic amines) is 1. The summed E-state index contributed by atoms with van der Waals surface area (Å²) in [6, 6.07) is 6.44. The van der Waals surface area contributed by atoms with Crippen LogP contribution in [0.4, 0.5) is 0 Å². The number of nitrogens with zero attached hydrogens (tertiary/aromatic N) is 3. The molecule has 1 aromatic heterocycles. The zero-order valence-corrected chi connectivity index (χ0v) is 13.6. The molecule has 0 amide bonds. The van der Waals surface area contributed by atoms with Crippen LogP contribution in [-0.2, 0) is 6.67 Å². The number of hydrogen-bond acceptors (Lipinski definition) is 2. The highest BCUT2D eigenvalue weighted by Gasteiger charge is 2.15. The SMILES string of the molecule is Cc1ccc(C)c(-n2cnn(C[NH+]3CCCCC3)c2=S)c1. The predicted molar refractivity (Wildman–Crippen MR) is 86.4 cm³/mol. The van der Waals surface area contributed by atoms with Crippen LogP contribution >= 0.6 is 12.2 Å². The highest BCUT2D eigenvalue weighted by atomic mass is 32.1. The standard InChI is InChI=1S/C16H22N4S/c1-13-6-7-14(2)15(10-13)19-11-17-20(16(19)21)12-18-8-4-3-5-9-18/h6-7,10-11H,3-5,8-9,12H2,1-2H3/p+1. The molecule has 0 bridgehead atoms. The molecule has 1 aromatic carbocycles. The molecule has 1 N–H and O–H groups in total. The normalized spacial score (nSPS) is 16.3. The molecule has 0 aliphatic carbocycles. The molecule has 0 saturated carbocycles. The Morgan fingerprint density at radius 2 is 1.95 bits per heavy atom. The van der Waals surface area contributed by atoms with Crippen LogP contribution in [0.2, 0.25) is 0 Å². The Morgan fingerprint density at radius 3 is 2.71 bits per heavy atom. The fourth-order valence-corrected chi connectivity index (χ4v) is 3.27. The molecule has 5 heteroatoms. The van der Waals surface area contributed by atoms with Crippen molar-refractivity contribution in [2.45, 2.75) is 39.8 Å². The van der Waals surface area contributed by atoms with Crippen LogP contribution in [0.25, 0.3) is 5.69 Å². The summed E-state index contributed by atoms with van der Waals surface area (Å²) in [6.07, 6.45) is 5.86. The van der Waals surface area contributed by atoms with Gasteiger partial charge in [-0.3, -0.25) is 4.57 Å². The number of benzene rings is 1. The first kappa shape index (κ1) is 14.5. The van der Waals surface area contributed by atoms with Crippen LogP contribution in [0.15, 0.2) is 24.5 Å². The van der Waals surface area contributed by atoms with Gasteiger partial charge in [0.05, 0.1) is 18.8 Å². The van der Waals surface area contributed by atoms with Crippen molar-refractivity contribution < 1.29 is 4.90 Å². The summed E-state index contributed by atoms with van der Waals surface area (Å²) in [5.41, 5.74) is 3.60. The molecule has 0 radical (unpaired) electrons. The molecule has 112 valence electrons. The second-order valence-electron chi connectivity index (χ2n) is 6.04. The third-order valence-electron chi connectivity index (χ3n) is 4.29. The Hall–Kier alpha value is -1.46. The number of nitrogens with one attached hydrogen (secondary N) is 1. The van der Waals surface area contributed by atoms with E-state index >= 15 is 0 Å². The van der Waals surface area contributed by atoms with Gasteiger partial charge in [0.2, 0.25) is 4.77 Å². The summed E-state index contributed by atoms with van der Waals surface area (Å²) >= 11 is 5.63. The van der Waals surface area contributed by atoms with Crippen molar-refractivity contribution in [3.05, 3.63) is 40.4 Å². The van der Waals surface area contributed by atoms with Crippen LogP contribution in [0.3, 0.4) is 0 Å². The largest absolute Gasteiger partial charge is 0.316 e. The molecule has 0 atom stereocenters. The molecule has 1 saturated heterocycles. The van der Waals surface area contributed by atoms with Crippen molar-refractivity contribution in [2.24, 2.45) is 0 Å². The van der Waals surface area contributed by atoms with Gasteiger partial charge in [-0.25, -0.2) is 0 Å². The van der Waals surface area contributed by atoms with Gasteiger partial charge in [-0.1, -0.05) is 12.1 Å². The average Bonchev–Trinajstić information content (AvgIpc) is 2.84. The Labute approximate surface area is 131 Å². The maximum atomic E-state index is 5.63. The smallest absolute Gasteiger partial charge is 0.207 e. The summed E-state index contributed by atoms with van der Waals surface area (Å²) < 4.78 is 4.79. The van der Waals surface area contributed by atoms with Crippen molar-refractivity contribution >= 4 is 12.2 Å². The topological polar surface area (TPSA) is 27.2 Å². The third kappa shape index (κ3) is 3.09. The van der Waals surface area contributed by atoms with E-state index in [9.17, 15) is 0 Å². The Balaban J connectivity index is 1.88. The number of aromatic nitrogens is 3. The van der Waals surface area contributed by atoms with Gasteiger partial charge in [0.25, 0.3) is 0 Å². The number of aryl methyl sites for hydroxylation is 2. The molecule has 4 nitrogen and oxygen atoms in total.